The Morgan fingerprint density at radius 3 is 2.43 bits per heavy atom. The predicted octanol–water partition coefficient (Wildman–Crippen LogP) is 1.89. The van der Waals surface area contributed by atoms with Crippen molar-refractivity contribution in [3.63, 3.8) is 0 Å². The third-order valence-corrected chi connectivity index (χ3v) is 5.72. The molecule has 1 aromatic heterocycles. The Balaban J connectivity index is 2.36. The fraction of sp³-hybridized carbons (Fsp3) is 0.706. The summed E-state index contributed by atoms with van der Waals surface area (Å²) in [6, 6.07) is 0. The van der Waals surface area contributed by atoms with E-state index in [-0.39, 0.29) is 11.9 Å². The zero-order valence-electron chi connectivity index (χ0n) is 15.1. The van der Waals surface area contributed by atoms with Gasteiger partial charge in [-0.2, -0.15) is 0 Å². The van der Waals surface area contributed by atoms with E-state index in [0.717, 1.165) is 5.69 Å². The minimum absolute atomic E-state index is 0.0122. The number of likely N-dealkylation sites (tertiary alicyclic amines) is 1. The van der Waals surface area contributed by atoms with Crippen molar-refractivity contribution in [2.75, 3.05) is 13.7 Å². The molecule has 23 heavy (non-hydrogen) atoms. The van der Waals surface area contributed by atoms with E-state index in [1.54, 1.807) is 11.2 Å². The van der Waals surface area contributed by atoms with Crippen LogP contribution >= 0.6 is 0 Å². The fourth-order valence-electron chi connectivity index (χ4n) is 3.15. The first-order chi connectivity index (χ1) is 10.5. The Hall–Kier alpha value is -1.85. The molecule has 0 aliphatic carbocycles. The van der Waals surface area contributed by atoms with E-state index >= 15 is 0 Å². The van der Waals surface area contributed by atoms with Gasteiger partial charge in [-0.05, 0) is 41.0 Å². The van der Waals surface area contributed by atoms with Gasteiger partial charge in [-0.15, -0.1) is 0 Å². The number of ether oxygens (including phenoxy) is 1. The molecule has 1 fully saturated rings. The molecule has 0 aromatic carbocycles. The number of carbonyl (C=O) groups excluding carboxylic acids is 2. The topological polar surface area (TPSA) is 64.4 Å². The molecule has 6 nitrogen and oxygen atoms in total. The van der Waals surface area contributed by atoms with Gasteiger partial charge in [0.2, 0.25) is 5.91 Å². The summed E-state index contributed by atoms with van der Waals surface area (Å²) in [5.41, 5.74) is -1.35. The van der Waals surface area contributed by atoms with E-state index in [1.807, 2.05) is 52.4 Å². The van der Waals surface area contributed by atoms with E-state index in [4.69, 9.17) is 4.74 Å². The van der Waals surface area contributed by atoms with Gasteiger partial charge in [0, 0.05) is 19.8 Å². The summed E-state index contributed by atoms with van der Waals surface area (Å²) in [5.74, 6) is -0.306. The molecule has 1 atom stereocenters. The third-order valence-electron chi connectivity index (χ3n) is 5.72. The summed E-state index contributed by atoms with van der Waals surface area (Å²) in [7, 11) is 3.27. The average molecular weight is 321 g/mol. The van der Waals surface area contributed by atoms with E-state index in [2.05, 4.69) is 4.98 Å². The summed E-state index contributed by atoms with van der Waals surface area (Å²) in [5, 5.41) is 0. The minimum Gasteiger partial charge on any atom is -0.469 e. The van der Waals surface area contributed by atoms with Crippen LogP contribution in [0.4, 0.5) is 0 Å². The van der Waals surface area contributed by atoms with Gasteiger partial charge in [0.15, 0.2) is 0 Å². The molecule has 0 spiro atoms. The highest BCUT2D eigenvalue weighted by Gasteiger charge is 2.56. The van der Waals surface area contributed by atoms with Gasteiger partial charge in [-0.25, -0.2) is 4.98 Å². The molecule has 1 aliphatic rings. The fourth-order valence-corrected chi connectivity index (χ4v) is 3.15. The van der Waals surface area contributed by atoms with Crippen LogP contribution < -0.4 is 0 Å². The van der Waals surface area contributed by atoms with Crippen molar-refractivity contribution in [1.29, 1.82) is 0 Å². The first kappa shape index (κ1) is 17.5. The number of methoxy groups -OCH3 is 1. The van der Waals surface area contributed by atoms with Gasteiger partial charge in [0.1, 0.15) is 0 Å². The first-order valence-corrected chi connectivity index (χ1v) is 7.87. The average Bonchev–Trinajstić information content (AvgIpc) is 3.04. The molecule has 0 radical (unpaired) electrons. The number of nitrogens with zero attached hydrogens (tertiary/aromatic N) is 3. The van der Waals surface area contributed by atoms with Crippen molar-refractivity contribution in [3.8, 4) is 0 Å². The monoisotopic (exact) mass is 321 g/mol. The molecule has 1 saturated heterocycles. The van der Waals surface area contributed by atoms with E-state index < -0.39 is 16.4 Å². The second kappa shape index (κ2) is 5.35. The zero-order chi connectivity index (χ0) is 17.6. The second-order valence-corrected chi connectivity index (χ2v) is 7.64. The summed E-state index contributed by atoms with van der Waals surface area (Å²) in [4.78, 5) is 31.5. The standard InChI is InChI=1S/C17H27N3O3/c1-15(2,14(22)23-7)16(3,4)20-9-8-17(5,13(20)21)12-10-19(6)11-18-12/h10-11H,8-9H2,1-7H3. The Kier molecular flexibility index (Phi) is 4.07. The van der Waals surface area contributed by atoms with Gasteiger partial charge in [0.25, 0.3) is 0 Å². The first-order valence-electron chi connectivity index (χ1n) is 7.87. The quantitative estimate of drug-likeness (QED) is 0.794. The van der Waals surface area contributed by atoms with Gasteiger partial charge >= 0.3 is 5.97 Å². The molecule has 1 aromatic rings. The van der Waals surface area contributed by atoms with Crippen LogP contribution in [0.25, 0.3) is 0 Å². The zero-order valence-corrected chi connectivity index (χ0v) is 15.1. The number of aryl methyl sites for hydroxylation is 1. The van der Waals surface area contributed by atoms with E-state index in [1.165, 1.54) is 7.11 Å². The lowest BCUT2D eigenvalue weighted by Crippen LogP contribution is -2.59. The van der Waals surface area contributed by atoms with Crippen molar-refractivity contribution in [2.24, 2.45) is 12.5 Å². The molecule has 1 unspecified atom stereocenters. The molecule has 2 heterocycles. The van der Waals surface area contributed by atoms with Crippen molar-refractivity contribution in [2.45, 2.75) is 52.0 Å². The van der Waals surface area contributed by atoms with E-state index in [0.29, 0.717) is 13.0 Å². The maximum atomic E-state index is 13.2. The van der Waals surface area contributed by atoms with Crippen LogP contribution in [-0.4, -0.2) is 45.5 Å². The van der Waals surface area contributed by atoms with Crippen molar-refractivity contribution < 1.29 is 14.3 Å². The largest absolute Gasteiger partial charge is 0.469 e. The molecule has 0 N–H and O–H groups in total. The Bertz CT molecular complexity index is 633. The number of aromatic nitrogens is 2. The Morgan fingerprint density at radius 2 is 1.96 bits per heavy atom. The molecule has 1 aliphatic heterocycles. The number of amides is 1. The Morgan fingerprint density at radius 1 is 1.35 bits per heavy atom. The van der Waals surface area contributed by atoms with Crippen LogP contribution in [-0.2, 0) is 26.8 Å². The van der Waals surface area contributed by atoms with Crippen LogP contribution in [0, 0.1) is 5.41 Å². The lowest BCUT2D eigenvalue weighted by atomic mass is 9.73. The molecule has 2 rings (SSSR count). The van der Waals surface area contributed by atoms with Gasteiger partial charge in [-0.3, -0.25) is 9.59 Å². The van der Waals surface area contributed by atoms with Gasteiger partial charge in [0.05, 0.1) is 35.5 Å². The number of hydrogen-bond donors (Lipinski definition) is 0. The van der Waals surface area contributed by atoms with Gasteiger partial charge < -0.3 is 14.2 Å². The van der Waals surface area contributed by atoms with Crippen LogP contribution in [0.1, 0.15) is 46.7 Å². The highest BCUT2D eigenvalue weighted by molar-refractivity contribution is 5.91. The van der Waals surface area contributed by atoms with Crippen LogP contribution in [0.3, 0.4) is 0 Å². The lowest BCUT2D eigenvalue weighted by molar-refractivity contribution is -0.162. The van der Waals surface area contributed by atoms with E-state index in [9.17, 15) is 9.59 Å². The van der Waals surface area contributed by atoms with Crippen molar-refractivity contribution in [3.05, 3.63) is 18.2 Å². The number of carbonyl (C=O) groups is 2. The molecule has 0 saturated carbocycles. The number of hydrogen-bond acceptors (Lipinski definition) is 4. The minimum atomic E-state index is -0.813. The summed E-state index contributed by atoms with van der Waals surface area (Å²) in [6.45, 7) is 10.0. The van der Waals surface area contributed by atoms with Crippen LogP contribution in [0.2, 0.25) is 0 Å². The van der Waals surface area contributed by atoms with Crippen LogP contribution in [0.15, 0.2) is 12.5 Å². The highest BCUT2D eigenvalue weighted by Crippen LogP contribution is 2.44. The smallest absolute Gasteiger partial charge is 0.313 e. The molecule has 0 bridgehead atoms. The maximum absolute atomic E-state index is 13.2. The molecule has 6 heteroatoms. The molecule has 1 amide bonds. The predicted molar refractivity (Wildman–Crippen MR) is 86.8 cm³/mol. The summed E-state index contributed by atoms with van der Waals surface area (Å²) < 4.78 is 6.79. The summed E-state index contributed by atoms with van der Waals surface area (Å²) >= 11 is 0. The molecular weight excluding hydrogens is 294 g/mol. The van der Waals surface area contributed by atoms with Gasteiger partial charge in [-0.1, -0.05) is 0 Å². The van der Waals surface area contributed by atoms with Crippen molar-refractivity contribution in [1.82, 2.24) is 14.5 Å². The number of esters is 1. The molecule has 128 valence electrons. The SMILES string of the molecule is COC(=O)C(C)(C)C(C)(C)N1CCC(C)(c2cn(C)cn2)C1=O. The maximum Gasteiger partial charge on any atom is 0.313 e. The normalized spacial score (nSPS) is 22.6. The number of rotatable bonds is 4. The van der Waals surface area contributed by atoms with Crippen LogP contribution in [0.5, 0.6) is 0 Å². The Labute approximate surface area is 137 Å². The lowest BCUT2D eigenvalue weighted by Gasteiger charge is -2.46. The molecular formula is C17H27N3O3. The summed E-state index contributed by atoms with van der Waals surface area (Å²) in [6.07, 6.45) is 4.28. The van der Waals surface area contributed by atoms with Crippen molar-refractivity contribution >= 4 is 11.9 Å². The second-order valence-electron chi connectivity index (χ2n) is 7.64. The number of imidazole rings is 1. The third kappa shape index (κ3) is 2.44. The highest BCUT2D eigenvalue weighted by atomic mass is 16.5.